The van der Waals surface area contributed by atoms with E-state index < -0.39 is 5.91 Å². The number of aromatic nitrogens is 5. The van der Waals surface area contributed by atoms with Gasteiger partial charge in [0.15, 0.2) is 20.9 Å². The number of thioether (sulfide) groups is 1. The Hall–Kier alpha value is -3.36. The van der Waals surface area contributed by atoms with E-state index in [1.165, 1.54) is 39.9 Å². The van der Waals surface area contributed by atoms with Gasteiger partial charge in [-0.05, 0) is 30.7 Å². The molecular weight excluding hydrogens is 501 g/mol. The van der Waals surface area contributed by atoms with Crippen LogP contribution >= 0.6 is 34.4 Å². The summed E-state index contributed by atoms with van der Waals surface area (Å²) in [5.74, 6) is -0.700. The molecule has 0 bridgehead atoms. The third-order valence-corrected chi connectivity index (χ3v) is 6.74. The number of anilines is 2. The number of carbonyl (C=O) groups excluding carboxylic acids is 2. The van der Waals surface area contributed by atoms with Gasteiger partial charge in [-0.2, -0.15) is 5.10 Å². The van der Waals surface area contributed by atoms with Crippen molar-refractivity contribution in [1.82, 2.24) is 25.0 Å². The van der Waals surface area contributed by atoms with Crippen LogP contribution in [0.2, 0.25) is 0 Å². The van der Waals surface area contributed by atoms with E-state index in [1.54, 1.807) is 29.9 Å². The molecule has 2 N–H and O–H groups in total. The van der Waals surface area contributed by atoms with E-state index in [2.05, 4.69) is 30.9 Å². The number of carbonyl (C=O) groups is 2. The highest BCUT2D eigenvalue weighted by Gasteiger charge is 2.21. The average molecular weight is 520 g/mol. The van der Waals surface area contributed by atoms with Crippen LogP contribution in [0, 0.1) is 5.82 Å². The Kier molecular flexibility index (Phi) is 7.82. The summed E-state index contributed by atoms with van der Waals surface area (Å²) in [5, 5.41) is 20.2. The number of rotatable bonds is 10. The number of hydrogen-bond donors (Lipinski definition) is 2. The van der Waals surface area contributed by atoms with Crippen LogP contribution in [-0.4, -0.2) is 49.1 Å². The molecule has 0 saturated heterocycles. The molecule has 1 aromatic carbocycles. The van der Waals surface area contributed by atoms with E-state index in [4.69, 9.17) is 4.74 Å². The SMILES string of the molecule is CCCOc1cn(-c2ccc(F)cc2)nc1C(=O)Nc1nnc(SCC(=O)Nc2nccs2)s1. The van der Waals surface area contributed by atoms with Crippen molar-refractivity contribution in [3.8, 4) is 11.4 Å². The van der Waals surface area contributed by atoms with Gasteiger partial charge in [0.2, 0.25) is 11.0 Å². The summed E-state index contributed by atoms with van der Waals surface area (Å²) >= 11 is 3.66. The molecule has 3 aromatic heterocycles. The third-order valence-electron chi connectivity index (χ3n) is 4.08. The molecule has 0 aliphatic carbocycles. The molecule has 2 amide bonds. The molecule has 10 nitrogen and oxygen atoms in total. The Morgan fingerprint density at radius 2 is 2.00 bits per heavy atom. The van der Waals surface area contributed by atoms with Crippen molar-refractivity contribution >= 4 is 56.5 Å². The second-order valence-corrected chi connectivity index (χ2v) is 9.71. The minimum Gasteiger partial charge on any atom is -0.489 e. The van der Waals surface area contributed by atoms with Crippen molar-refractivity contribution in [2.45, 2.75) is 17.7 Å². The van der Waals surface area contributed by atoms with E-state index in [1.807, 2.05) is 6.92 Å². The molecule has 176 valence electrons. The van der Waals surface area contributed by atoms with Crippen molar-refractivity contribution in [2.75, 3.05) is 23.0 Å². The number of amides is 2. The molecule has 0 atom stereocenters. The van der Waals surface area contributed by atoms with Gasteiger partial charge in [0.1, 0.15) is 5.82 Å². The fraction of sp³-hybridized carbons (Fsp3) is 0.200. The smallest absolute Gasteiger partial charge is 0.281 e. The molecule has 0 aliphatic rings. The van der Waals surface area contributed by atoms with E-state index >= 15 is 0 Å². The Bertz CT molecular complexity index is 1260. The molecule has 0 aliphatic heterocycles. The molecule has 4 aromatic rings. The highest BCUT2D eigenvalue weighted by Crippen LogP contribution is 2.27. The predicted octanol–water partition coefficient (Wildman–Crippen LogP) is 4.09. The lowest BCUT2D eigenvalue weighted by molar-refractivity contribution is -0.113. The summed E-state index contributed by atoms with van der Waals surface area (Å²) in [6.07, 6.45) is 3.92. The van der Waals surface area contributed by atoms with Crippen LogP contribution in [0.5, 0.6) is 5.75 Å². The normalized spacial score (nSPS) is 10.8. The number of thiazole rings is 1. The summed E-state index contributed by atoms with van der Waals surface area (Å²) in [7, 11) is 0. The standard InChI is InChI=1S/C20H18FN7O3S3/c1-2-8-31-14-10-28(13-5-3-12(21)4-6-13)27-16(14)17(30)24-19-25-26-20(34-19)33-11-15(29)23-18-22-7-9-32-18/h3-7,9-10H,2,8,11H2,1H3,(H,22,23,29)(H,24,25,30). The Balaban J connectivity index is 1.41. The zero-order valence-corrected chi connectivity index (χ0v) is 20.2. The zero-order chi connectivity index (χ0) is 23.9. The molecule has 3 heterocycles. The lowest BCUT2D eigenvalue weighted by Crippen LogP contribution is -2.14. The quantitative estimate of drug-likeness (QED) is 0.237. The number of benzene rings is 1. The second-order valence-electron chi connectivity index (χ2n) is 6.61. The van der Waals surface area contributed by atoms with Crippen molar-refractivity contribution in [3.63, 3.8) is 0 Å². The fourth-order valence-electron chi connectivity index (χ4n) is 2.60. The minimum absolute atomic E-state index is 0.0602. The summed E-state index contributed by atoms with van der Waals surface area (Å²) in [6, 6.07) is 5.71. The summed E-state index contributed by atoms with van der Waals surface area (Å²) in [4.78, 5) is 28.9. The Morgan fingerprint density at radius 1 is 1.18 bits per heavy atom. The van der Waals surface area contributed by atoms with Crippen molar-refractivity contribution < 1.29 is 18.7 Å². The Labute approximate surface area is 205 Å². The zero-order valence-electron chi connectivity index (χ0n) is 17.7. The highest BCUT2D eigenvalue weighted by atomic mass is 32.2. The highest BCUT2D eigenvalue weighted by molar-refractivity contribution is 8.01. The van der Waals surface area contributed by atoms with Crippen LogP contribution < -0.4 is 15.4 Å². The third kappa shape index (κ3) is 6.15. The number of nitrogens with one attached hydrogen (secondary N) is 2. The number of nitrogens with zero attached hydrogens (tertiary/aromatic N) is 5. The van der Waals surface area contributed by atoms with Crippen LogP contribution in [0.4, 0.5) is 14.7 Å². The number of hydrogen-bond acceptors (Lipinski definition) is 10. The van der Waals surface area contributed by atoms with Gasteiger partial charge < -0.3 is 10.1 Å². The van der Waals surface area contributed by atoms with E-state index in [9.17, 15) is 14.0 Å². The predicted molar refractivity (Wildman–Crippen MR) is 129 cm³/mol. The van der Waals surface area contributed by atoms with Crippen molar-refractivity contribution in [1.29, 1.82) is 0 Å². The molecule has 0 saturated carbocycles. The molecule has 0 fully saturated rings. The van der Waals surface area contributed by atoms with Gasteiger partial charge in [-0.1, -0.05) is 30.0 Å². The first-order valence-corrected chi connectivity index (χ1v) is 12.7. The van der Waals surface area contributed by atoms with E-state index in [0.29, 0.717) is 27.5 Å². The molecule has 0 radical (unpaired) electrons. The van der Waals surface area contributed by atoms with Crippen LogP contribution in [0.3, 0.4) is 0 Å². The summed E-state index contributed by atoms with van der Waals surface area (Å²) in [6.45, 7) is 2.35. The van der Waals surface area contributed by atoms with Crippen LogP contribution in [0.25, 0.3) is 5.69 Å². The van der Waals surface area contributed by atoms with E-state index in [-0.39, 0.29) is 28.3 Å². The topological polar surface area (TPSA) is 124 Å². The lowest BCUT2D eigenvalue weighted by atomic mass is 10.3. The maximum Gasteiger partial charge on any atom is 0.281 e. The van der Waals surface area contributed by atoms with Crippen molar-refractivity contribution in [2.24, 2.45) is 0 Å². The van der Waals surface area contributed by atoms with Crippen LogP contribution in [0.1, 0.15) is 23.8 Å². The van der Waals surface area contributed by atoms with Gasteiger partial charge in [-0.15, -0.1) is 21.5 Å². The summed E-state index contributed by atoms with van der Waals surface area (Å²) in [5.41, 5.74) is 0.637. The first-order valence-electron chi connectivity index (χ1n) is 9.97. The summed E-state index contributed by atoms with van der Waals surface area (Å²) < 4.78 is 20.9. The van der Waals surface area contributed by atoms with Gasteiger partial charge in [0.05, 0.1) is 24.2 Å². The van der Waals surface area contributed by atoms with Gasteiger partial charge in [-0.3, -0.25) is 14.9 Å². The average Bonchev–Trinajstić information content (AvgIpc) is 3.58. The van der Waals surface area contributed by atoms with Gasteiger partial charge in [0, 0.05) is 11.6 Å². The first-order chi connectivity index (χ1) is 16.5. The molecule has 34 heavy (non-hydrogen) atoms. The molecular formula is C20H18FN7O3S3. The second kappa shape index (κ2) is 11.2. The maximum absolute atomic E-state index is 13.3. The van der Waals surface area contributed by atoms with Gasteiger partial charge in [0.25, 0.3) is 5.91 Å². The molecule has 0 spiro atoms. The number of halogens is 1. The molecule has 4 rings (SSSR count). The number of ether oxygens (including phenoxy) is 1. The van der Waals surface area contributed by atoms with Crippen molar-refractivity contribution in [3.05, 3.63) is 53.6 Å². The van der Waals surface area contributed by atoms with Gasteiger partial charge >= 0.3 is 0 Å². The van der Waals surface area contributed by atoms with E-state index in [0.717, 1.165) is 17.8 Å². The maximum atomic E-state index is 13.3. The minimum atomic E-state index is -0.527. The van der Waals surface area contributed by atoms with Gasteiger partial charge in [-0.25, -0.2) is 14.1 Å². The Morgan fingerprint density at radius 3 is 2.74 bits per heavy atom. The largest absolute Gasteiger partial charge is 0.489 e. The molecule has 14 heteroatoms. The molecule has 0 unspecified atom stereocenters. The fourth-order valence-corrected chi connectivity index (χ4v) is 4.69. The van der Waals surface area contributed by atoms with Crippen LogP contribution in [0.15, 0.2) is 46.4 Å². The first kappa shape index (κ1) is 23.8. The van der Waals surface area contributed by atoms with Crippen LogP contribution in [-0.2, 0) is 4.79 Å². The monoisotopic (exact) mass is 519 g/mol. The lowest BCUT2D eigenvalue weighted by Gasteiger charge is -2.03.